The van der Waals surface area contributed by atoms with Crippen LogP contribution in [-0.4, -0.2) is 31.8 Å². The third kappa shape index (κ3) is 3.96. The number of hydrogen-bond acceptors (Lipinski definition) is 6. The lowest BCUT2D eigenvalue weighted by molar-refractivity contribution is 0.318. The number of sulfone groups is 1. The number of thiophene rings is 1. The molecular formula is C13H15N3O3S2. The van der Waals surface area contributed by atoms with E-state index in [2.05, 4.69) is 10.5 Å². The van der Waals surface area contributed by atoms with Gasteiger partial charge in [0.2, 0.25) is 0 Å². The van der Waals surface area contributed by atoms with E-state index in [1.165, 1.54) is 24.3 Å². The summed E-state index contributed by atoms with van der Waals surface area (Å²) in [6.45, 7) is 0.334. The van der Waals surface area contributed by atoms with Gasteiger partial charge in [-0.3, -0.25) is 0 Å². The van der Waals surface area contributed by atoms with Gasteiger partial charge in [-0.2, -0.15) is 11.3 Å². The molecule has 6 nitrogen and oxygen atoms in total. The fourth-order valence-electron chi connectivity index (χ4n) is 1.70. The molecule has 0 fully saturated rings. The van der Waals surface area contributed by atoms with Crippen LogP contribution in [0.25, 0.3) is 0 Å². The smallest absolute Gasteiger partial charge is 0.180 e. The van der Waals surface area contributed by atoms with E-state index in [0.717, 1.165) is 5.69 Å². The first-order valence-electron chi connectivity index (χ1n) is 6.10. The van der Waals surface area contributed by atoms with Gasteiger partial charge in [0, 0.05) is 23.2 Å². The highest BCUT2D eigenvalue weighted by Crippen LogP contribution is 2.14. The van der Waals surface area contributed by atoms with Gasteiger partial charge >= 0.3 is 0 Å². The lowest BCUT2D eigenvalue weighted by Gasteiger charge is -2.07. The molecule has 0 aliphatic rings. The zero-order valence-electron chi connectivity index (χ0n) is 11.1. The second-order valence-electron chi connectivity index (χ2n) is 4.27. The van der Waals surface area contributed by atoms with Crippen molar-refractivity contribution in [2.24, 2.45) is 10.9 Å². The molecule has 2 rings (SSSR count). The van der Waals surface area contributed by atoms with Crippen LogP contribution in [0.5, 0.6) is 0 Å². The van der Waals surface area contributed by atoms with E-state index < -0.39 is 9.84 Å². The third-order valence-electron chi connectivity index (χ3n) is 2.84. The van der Waals surface area contributed by atoms with Crippen LogP contribution in [0.3, 0.4) is 0 Å². The van der Waals surface area contributed by atoms with Gasteiger partial charge in [0.25, 0.3) is 0 Å². The van der Waals surface area contributed by atoms with Gasteiger partial charge in [-0.05, 0) is 35.7 Å². The summed E-state index contributed by atoms with van der Waals surface area (Å²) in [5.41, 5.74) is 6.81. The van der Waals surface area contributed by atoms with Crippen LogP contribution in [0.2, 0.25) is 0 Å². The lowest BCUT2D eigenvalue weighted by atomic mass is 10.2. The van der Waals surface area contributed by atoms with Crippen molar-refractivity contribution in [1.29, 1.82) is 0 Å². The molecule has 0 aliphatic carbocycles. The van der Waals surface area contributed by atoms with Crippen LogP contribution in [0.15, 0.2) is 51.1 Å². The molecule has 1 aromatic heterocycles. The predicted molar refractivity (Wildman–Crippen MR) is 83.8 cm³/mol. The minimum absolute atomic E-state index is 0.00817. The highest BCUT2D eigenvalue weighted by atomic mass is 32.2. The number of amidine groups is 1. The summed E-state index contributed by atoms with van der Waals surface area (Å²) >= 11 is 1.54. The first-order chi connectivity index (χ1) is 10.0. The number of oxime groups is 1. The second kappa shape index (κ2) is 6.59. The first-order valence-corrected chi connectivity index (χ1v) is 8.69. The highest BCUT2D eigenvalue weighted by Gasteiger charge is 2.14. The summed E-state index contributed by atoms with van der Waals surface area (Å²) in [4.78, 5) is 0.212. The minimum Gasteiger partial charge on any atom is -0.409 e. The number of nitrogens with zero attached hydrogens (tertiary/aromatic N) is 1. The van der Waals surface area contributed by atoms with E-state index in [1.54, 1.807) is 11.3 Å². The fraction of sp³-hybridized carbons (Fsp3) is 0.154. The van der Waals surface area contributed by atoms with Crippen molar-refractivity contribution < 1.29 is 13.6 Å². The molecule has 0 saturated carbocycles. The maximum absolute atomic E-state index is 12.2. The summed E-state index contributed by atoms with van der Waals surface area (Å²) in [7, 11) is -3.36. The van der Waals surface area contributed by atoms with Crippen LogP contribution in [0.1, 0.15) is 5.56 Å². The van der Waals surface area contributed by atoms with Gasteiger partial charge in [-0.15, -0.1) is 0 Å². The topological polar surface area (TPSA) is 105 Å². The number of anilines is 1. The van der Waals surface area contributed by atoms with Crippen LogP contribution in [0, 0.1) is 0 Å². The summed E-state index contributed by atoms with van der Waals surface area (Å²) in [5, 5.41) is 18.3. The van der Waals surface area contributed by atoms with Crippen LogP contribution in [0.4, 0.5) is 5.69 Å². The number of rotatable bonds is 6. The molecule has 0 unspecified atom stereocenters. The summed E-state index contributed by atoms with van der Waals surface area (Å²) in [5.74, 6) is -0.0655. The number of nitrogens with one attached hydrogen (secondary N) is 1. The SMILES string of the molecule is N/C(=N/O)c1ccc(S(=O)(=O)CCNc2ccsc2)cc1. The Morgan fingerprint density at radius 2 is 2.00 bits per heavy atom. The quantitative estimate of drug-likeness (QED) is 0.325. The van der Waals surface area contributed by atoms with E-state index in [-0.39, 0.29) is 16.5 Å². The molecule has 4 N–H and O–H groups in total. The molecule has 0 saturated heterocycles. The van der Waals surface area contributed by atoms with Crippen molar-refractivity contribution in [2.45, 2.75) is 4.90 Å². The standard InChI is InChI=1S/C13H15N3O3S2/c14-13(16-17)10-1-3-12(4-2-10)21(18,19)8-6-15-11-5-7-20-9-11/h1-5,7,9,15,17H,6,8H2,(H2,14,16). The van der Waals surface area contributed by atoms with Crippen molar-refractivity contribution in [2.75, 3.05) is 17.6 Å². The van der Waals surface area contributed by atoms with Crippen LogP contribution in [-0.2, 0) is 9.84 Å². The average Bonchev–Trinajstić information content (AvgIpc) is 2.99. The lowest BCUT2D eigenvalue weighted by Crippen LogP contribution is -2.16. The zero-order chi connectivity index (χ0) is 15.3. The maximum Gasteiger partial charge on any atom is 0.180 e. The van der Waals surface area contributed by atoms with Crippen molar-refractivity contribution in [1.82, 2.24) is 0 Å². The normalized spacial score (nSPS) is 12.3. The van der Waals surface area contributed by atoms with Gasteiger partial charge in [-0.1, -0.05) is 5.16 Å². The Balaban J connectivity index is 2.02. The molecule has 1 heterocycles. The van der Waals surface area contributed by atoms with Gasteiger partial charge in [0.05, 0.1) is 10.6 Å². The Kier molecular flexibility index (Phi) is 4.81. The monoisotopic (exact) mass is 325 g/mol. The van der Waals surface area contributed by atoms with Crippen molar-refractivity contribution in [3.05, 3.63) is 46.7 Å². The molecule has 0 spiro atoms. The van der Waals surface area contributed by atoms with Crippen LogP contribution >= 0.6 is 11.3 Å². The van der Waals surface area contributed by atoms with Gasteiger partial charge in [0.1, 0.15) is 0 Å². The molecule has 1 aromatic carbocycles. The van der Waals surface area contributed by atoms with Gasteiger partial charge in [0.15, 0.2) is 15.7 Å². The zero-order valence-corrected chi connectivity index (χ0v) is 12.7. The molecule has 112 valence electrons. The largest absolute Gasteiger partial charge is 0.409 e. The van der Waals surface area contributed by atoms with E-state index in [4.69, 9.17) is 10.9 Å². The number of hydrogen-bond donors (Lipinski definition) is 3. The Morgan fingerprint density at radius 1 is 1.29 bits per heavy atom. The summed E-state index contributed by atoms with van der Waals surface area (Å²) < 4.78 is 24.3. The highest BCUT2D eigenvalue weighted by molar-refractivity contribution is 7.91. The predicted octanol–water partition coefficient (Wildman–Crippen LogP) is 1.73. The van der Waals surface area contributed by atoms with Crippen molar-refractivity contribution in [3.63, 3.8) is 0 Å². The van der Waals surface area contributed by atoms with E-state index >= 15 is 0 Å². The summed E-state index contributed by atoms with van der Waals surface area (Å²) in [6.07, 6.45) is 0. The van der Waals surface area contributed by atoms with Crippen molar-refractivity contribution in [3.8, 4) is 0 Å². The molecule has 2 aromatic rings. The Morgan fingerprint density at radius 3 is 2.57 bits per heavy atom. The fourth-order valence-corrected chi connectivity index (χ4v) is 3.47. The van der Waals surface area contributed by atoms with Crippen molar-refractivity contribution >= 4 is 32.7 Å². The molecular weight excluding hydrogens is 310 g/mol. The number of benzene rings is 1. The number of nitrogens with two attached hydrogens (primary N) is 1. The average molecular weight is 325 g/mol. The minimum atomic E-state index is -3.36. The Hall–Kier alpha value is -2.06. The van der Waals surface area contributed by atoms with E-state index in [1.807, 2.05) is 16.8 Å². The Bertz CT molecular complexity index is 708. The van der Waals surface area contributed by atoms with Gasteiger partial charge < -0.3 is 16.3 Å². The van der Waals surface area contributed by atoms with Crippen LogP contribution < -0.4 is 11.1 Å². The molecule has 0 atom stereocenters. The van der Waals surface area contributed by atoms with E-state index in [9.17, 15) is 8.42 Å². The Labute approximate surface area is 126 Å². The van der Waals surface area contributed by atoms with E-state index in [0.29, 0.717) is 12.1 Å². The van der Waals surface area contributed by atoms with Gasteiger partial charge in [-0.25, -0.2) is 8.42 Å². The molecule has 0 aliphatic heterocycles. The molecule has 0 radical (unpaired) electrons. The molecule has 21 heavy (non-hydrogen) atoms. The third-order valence-corrected chi connectivity index (χ3v) is 5.25. The maximum atomic E-state index is 12.2. The molecule has 8 heteroatoms. The first kappa shape index (κ1) is 15.3. The second-order valence-corrected chi connectivity index (χ2v) is 7.16. The summed E-state index contributed by atoms with van der Waals surface area (Å²) in [6, 6.07) is 7.81. The molecule has 0 amide bonds. The molecule has 0 bridgehead atoms.